The summed E-state index contributed by atoms with van der Waals surface area (Å²) in [6.07, 6.45) is -4.74. The van der Waals surface area contributed by atoms with Crippen LogP contribution in [0.25, 0.3) is 0 Å². The van der Waals surface area contributed by atoms with Crippen molar-refractivity contribution in [2.24, 2.45) is 0 Å². The fourth-order valence-electron chi connectivity index (χ4n) is 9.22. The molecule has 2 aliphatic rings. The van der Waals surface area contributed by atoms with E-state index in [0.29, 0.717) is 28.2 Å². The Balaban J connectivity index is 1.27. The summed E-state index contributed by atoms with van der Waals surface area (Å²) >= 11 is 0. The molecule has 414 valence electrons. The van der Waals surface area contributed by atoms with Crippen molar-refractivity contribution in [3.63, 3.8) is 0 Å². The molecule has 8 atom stereocenters. The lowest BCUT2D eigenvalue weighted by Crippen LogP contribution is -2.39. The van der Waals surface area contributed by atoms with Crippen LogP contribution in [0.1, 0.15) is 94.2 Å². The van der Waals surface area contributed by atoms with Crippen molar-refractivity contribution in [2.75, 3.05) is 40.4 Å². The Morgan fingerprint density at radius 1 is 0.779 bits per heavy atom. The molecule has 2 saturated heterocycles. The molecule has 2 aliphatic heterocycles. The number of benzene rings is 3. The summed E-state index contributed by atoms with van der Waals surface area (Å²) in [6, 6.07) is 26.1. The Kier molecular flexibility index (Phi) is 19.8. The van der Waals surface area contributed by atoms with E-state index in [1.54, 1.807) is 38.5 Å². The first-order valence-corrected chi connectivity index (χ1v) is 27.9. The van der Waals surface area contributed by atoms with Gasteiger partial charge in [0.15, 0.2) is 6.35 Å². The molecular weight excluding hydrogens is 1040 g/mol. The monoisotopic (exact) mass is 1100 g/mol. The zero-order chi connectivity index (χ0) is 55.6. The summed E-state index contributed by atoms with van der Waals surface area (Å²) in [4.78, 5) is 68.9. The molecule has 3 aromatic carbocycles. The topological polar surface area (TPSA) is 263 Å². The van der Waals surface area contributed by atoms with E-state index in [4.69, 9.17) is 46.5 Å². The molecule has 22 nitrogen and oxygen atoms in total. The number of ether oxygens (including phenoxy) is 6. The van der Waals surface area contributed by atoms with Gasteiger partial charge in [0.1, 0.15) is 47.9 Å². The minimum Gasteiger partial charge on any atom is -0.497 e. The van der Waals surface area contributed by atoms with E-state index < -0.39 is 100 Å². The lowest BCUT2D eigenvalue weighted by atomic mass is 9.80. The third-order valence-corrected chi connectivity index (χ3v) is 16.7. The van der Waals surface area contributed by atoms with Crippen LogP contribution in [0.3, 0.4) is 0 Å². The van der Waals surface area contributed by atoms with Crippen LogP contribution in [0.2, 0.25) is 0 Å². The highest BCUT2D eigenvalue weighted by molar-refractivity contribution is 7.53. The van der Waals surface area contributed by atoms with Gasteiger partial charge in [-0.15, -0.1) is 0 Å². The molecule has 2 unspecified atom stereocenters. The summed E-state index contributed by atoms with van der Waals surface area (Å²) in [5, 5.41) is 9.39. The zero-order valence-electron chi connectivity index (χ0n) is 44.4. The number of methoxy groups -OCH3 is 2. The minimum atomic E-state index is -4.64. The minimum absolute atomic E-state index is 0.0233. The fraction of sp³-hybridized carbons (Fsp3) is 0.472. The molecule has 2 fully saturated rings. The predicted octanol–water partition coefficient (Wildman–Crippen LogP) is 7.08. The molecule has 0 bridgehead atoms. The van der Waals surface area contributed by atoms with Crippen molar-refractivity contribution in [3.05, 3.63) is 161 Å². The normalized spacial score (nSPS) is 20.8. The third-order valence-electron chi connectivity index (χ3n) is 13.0. The van der Waals surface area contributed by atoms with E-state index in [9.17, 15) is 29.2 Å². The Hall–Kier alpha value is -6.08. The van der Waals surface area contributed by atoms with Gasteiger partial charge >= 0.3 is 24.9 Å². The second-order valence-electron chi connectivity index (χ2n) is 19.0. The van der Waals surface area contributed by atoms with Gasteiger partial charge in [-0.3, -0.25) is 42.6 Å². The molecule has 0 amide bonds. The van der Waals surface area contributed by atoms with Gasteiger partial charge in [-0.1, -0.05) is 54.6 Å². The lowest BCUT2D eigenvalue weighted by Gasteiger charge is -2.37. The smallest absolute Gasteiger partial charge is 0.368 e. The first kappa shape index (κ1) is 58.6. The summed E-state index contributed by atoms with van der Waals surface area (Å²) in [7, 11) is -3.41. The van der Waals surface area contributed by atoms with Gasteiger partial charge in [-0.05, 0) is 82.5 Å². The average molecular weight is 1110 g/mol. The number of hydrogen-bond donors (Lipinski definition) is 2. The molecule has 2 aromatic heterocycles. The van der Waals surface area contributed by atoms with Crippen LogP contribution in [-0.4, -0.2) is 107 Å². The number of H-pyrrole nitrogens is 2. The molecule has 0 aliphatic carbocycles. The number of nitrogens with zero attached hydrogens (tertiary/aromatic N) is 4. The SMILES string of the molecule is COc1ccc(C(OC[C@H]2O[C@@H](n3cc(C)c(=O)[nH]c3=O)C[C@@H]2OP(=O)(COC(C)=O)OC[C@H]2O[C@@H](n3cc(C)c(=O)[nH]c3=O)C[C@@H]2OP(OCCC#N)N(C(C)C)C(C)C)(c2ccccc2)c2ccc(OC)cc2)cc1. The second kappa shape index (κ2) is 26.0. The molecule has 7 rings (SSSR count). The Morgan fingerprint density at radius 3 is 1.75 bits per heavy atom. The summed E-state index contributed by atoms with van der Waals surface area (Å²) in [6.45, 7) is 11.3. The van der Waals surface area contributed by atoms with Gasteiger partial charge < -0.3 is 42.0 Å². The molecular formula is C53H66N6O16P2. The quantitative estimate of drug-likeness (QED) is 0.0256. The summed E-state index contributed by atoms with van der Waals surface area (Å²) < 4.78 is 82.4. The molecule has 0 spiro atoms. The summed E-state index contributed by atoms with van der Waals surface area (Å²) in [5.41, 5.74) is -1.52. The van der Waals surface area contributed by atoms with Crippen LogP contribution in [0.5, 0.6) is 11.5 Å². The maximum absolute atomic E-state index is 15.4. The maximum atomic E-state index is 15.4. The molecule has 24 heteroatoms. The van der Waals surface area contributed by atoms with E-state index in [0.717, 1.165) is 6.92 Å². The summed E-state index contributed by atoms with van der Waals surface area (Å²) in [5.74, 6) is 0.398. The second-order valence-corrected chi connectivity index (χ2v) is 22.4. The van der Waals surface area contributed by atoms with Crippen LogP contribution < -0.4 is 32.0 Å². The van der Waals surface area contributed by atoms with Crippen molar-refractivity contribution >= 4 is 22.1 Å². The van der Waals surface area contributed by atoms with Crippen LogP contribution in [0.4, 0.5) is 0 Å². The number of aryl methyl sites for hydroxylation is 2. The van der Waals surface area contributed by atoms with E-state index in [1.807, 2.05) is 87.0 Å². The van der Waals surface area contributed by atoms with Crippen LogP contribution in [-0.2, 0) is 52.0 Å². The Labute approximate surface area is 446 Å². The van der Waals surface area contributed by atoms with Gasteiger partial charge in [-0.25, -0.2) is 14.3 Å². The largest absolute Gasteiger partial charge is 0.497 e. The van der Waals surface area contributed by atoms with Gasteiger partial charge in [0.2, 0.25) is 0 Å². The molecule has 5 aromatic rings. The van der Waals surface area contributed by atoms with Crippen LogP contribution in [0.15, 0.2) is 110 Å². The van der Waals surface area contributed by atoms with E-state index in [1.165, 1.54) is 35.4 Å². The number of nitrogens with one attached hydrogen (secondary N) is 2. The number of esters is 1. The first-order chi connectivity index (χ1) is 36.8. The maximum Gasteiger partial charge on any atom is 0.368 e. The number of nitriles is 1. The third kappa shape index (κ3) is 14.0. The highest BCUT2D eigenvalue weighted by Crippen LogP contribution is 2.55. The number of carbonyl (C=O) groups excluding carboxylic acids is 1. The Bertz CT molecular complexity index is 3070. The average Bonchev–Trinajstić information content (AvgIpc) is 4.03. The standard InChI is InChI=1S/C53H66N6O16P2/c1-33(2)59(34(3)4)76(70-25-13-24-54)74-43-26-47(57-28-35(5)49(61)55-51(57)63)73-46(43)31-71-77(65,32-68-37(7)60)75-44-27-48(58-29-36(6)50(62)56-52(58)64)72-45(44)30-69-53(38-14-11-10-12-15-38,39-16-20-41(66-8)21-17-39)40-18-22-42(67-9)23-19-40/h10-12,14-23,28-29,33-34,43-48H,13,25-27,30-32H2,1-9H3,(H,55,61,63)(H,56,62,64)/t43-,44-,45+,46+,47+,48+,76?,77?/m0/s1. The van der Waals surface area contributed by atoms with E-state index in [2.05, 4.69) is 16.0 Å². The van der Waals surface area contributed by atoms with Crippen molar-refractivity contribution in [2.45, 2.75) is 122 Å². The van der Waals surface area contributed by atoms with Crippen LogP contribution in [0, 0.1) is 25.2 Å². The van der Waals surface area contributed by atoms with Gasteiger partial charge in [0.05, 0.1) is 52.6 Å². The first-order valence-electron chi connectivity index (χ1n) is 25.0. The molecule has 0 radical (unpaired) electrons. The van der Waals surface area contributed by atoms with E-state index in [-0.39, 0.29) is 55.7 Å². The number of aromatic nitrogens is 4. The fourth-order valence-corrected chi connectivity index (χ4v) is 12.5. The van der Waals surface area contributed by atoms with Gasteiger partial charge in [0.25, 0.3) is 19.6 Å². The molecule has 0 saturated carbocycles. The van der Waals surface area contributed by atoms with E-state index >= 15 is 4.57 Å². The zero-order valence-corrected chi connectivity index (χ0v) is 46.2. The number of aromatic amines is 2. The van der Waals surface area contributed by atoms with Gasteiger partial charge in [-0.2, -0.15) is 5.26 Å². The number of rotatable bonds is 25. The Morgan fingerprint density at radius 2 is 1.27 bits per heavy atom. The van der Waals surface area contributed by atoms with Crippen molar-refractivity contribution in [1.82, 2.24) is 23.8 Å². The van der Waals surface area contributed by atoms with Crippen molar-refractivity contribution in [3.8, 4) is 17.6 Å². The predicted molar refractivity (Wildman–Crippen MR) is 283 cm³/mol. The van der Waals surface area contributed by atoms with Gasteiger partial charge in [0, 0.05) is 55.4 Å². The number of hydrogen-bond acceptors (Lipinski definition) is 18. The van der Waals surface area contributed by atoms with Crippen molar-refractivity contribution < 1.29 is 55.9 Å². The van der Waals surface area contributed by atoms with Crippen LogP contribution >= 0.6 is 16.1 Å². The molecule has 4 heterocycles. The van der Waals surface area contributed by atoms with Crippen molar-refractivity contribution in [1.29, 1.82) is 5.26 Å². The number of carbonyl (C=O) groups is 1. The molecule has 2 N–H and O–H groups in total. The highest BCUT2D eigenvalue weighted by Gasteiger charge is 2.48. The highest BCUT2D eigenvalue weighted by atomic mass is 31.2. The lowest BCUT2D eigenvalue weighted by molar-refractivity contribution is -0.139. The molecule has 77 heavy (non-hydrogen) atoms.